The molecule has 0 aliphatic rings. The second-order valence-electron chi connectivity index (χ2n) is 13.5. The Morgan fingerprint density at radius 2 is 1.30 bits per heavy atom. The Hall–Kier alpha value is -4.24. The third-order valence-electron chi connectivity index (χ3n) is 9.54. The van der Waals surface area contributed by atoms with Crippen LogP contribution in [0.1, 0.15) is 147 Å². The van der Waals surface area contributed by atoms with E-state index in [1.807, 2.05) is 18.2 Å². The molecule has 272 valence electrons. The van der Waals surface area contributed by atoms with E-state index in [4.69, 9.17) is 4.74 Å². The first-order valence-corrected chi connectivity index (χ1v) is 18.9. The van der Waals surface area contributed by atoms with Gasteiger partial charge in [0.2, 0.25) is 5.91 Å². The fraction of sp³-hybridized carbons (Fsp3) is 0.610. The number of ether oxygens (including phenoxy) is 1. The number of nitrogens with one attached hydrogen (secondary N) is 1. The molecule has 1 N–H and O–H groups in total. The van der Waals surface area contributed by atoms with E-state index in [2.05, 4.69) is 74.1 Å². The number of nitriles is 2. The Bertz CT molecular complexity index is 1420. The predicted molar refractivity (Wildman–Crippen MR) is 203 cm³/mol. The van der Waals surface area contributed by atoms with Crippen LogP contribution in [-0.2, 0) is 9.53 Å². The lowest BCUT2D eigenvalue weighted by molar-refractivity contribution is -0.114. The molecule has 2 aromatic rings. The maximum Gasteiger partial charge on any atom is 0.338 e. The minimum absolute atomic E-state index is 0.0389. The monoisotopic (exact) mass is 684 g/mol. The van der Waals surface area contributed by atoms with Gasteiger partial charge in [-0.3, -0.25) is 4.79 Å². The Kier molecular flexibility index (Phi) is 19.5. The molecule has 0 saturated carbocycles. The maximum absolute atomic E-state index is 12.9. The van der Waals surface area contributed by atoms with Gasteiger partial charge in [-0.1, -0.05) is 99.3 Å². The number of carbonyl (C=O) groups is 2. The van der Waals surface area contributed by atoms with Crippen LogP contribution in [-0.4, -0.2) is 31.6 Å². The van der Waals surface area contributed by atoms with Crippen LogP contribution in [0.5, 0.6) is 0 Å². The van der Waals surface area contributed by atoms with Gasteiger partial charge in [-0.2, -0.15) is 10.5 Å². The van der Waals surface area contributed by atoms with E-state index in [0.29, 0.717) is 23.2 Å². The van der Waals surface area contributed by atoms with Crippen molar-refractivity contribution in [1.29, 1.82) is 10.5 Å². The number of nitrogens with zero attached hydrogens (tertiary/aromatic N) is 5. The van der Waals surface area contributed by atoms with E-state index in [1.54, 1.807) is 0 Å². The van der Waals surface area contributed by atoms with E-state index < -0.39 is 5.97 Å². The lowest BCUT2D eigenvalue weighted by atomic mass is 9.95. The Labute approximate surface area is 301 Å². The molecule has 0 bridgehead atoms. The minimum atomic E-state index is -0.579. The molecule has 2 rings (SSSR count). The van der Waals surface area contributed by atoms with E-state index in [1.165, 1.54) is 57.6 Å². The second-order valence-corrected chi connectivity index (χ2v) is 13.5. The molecule has 0 heterocycles. The highest BCUT2D eigenvalue weighted by molar-refractivity contribution is 5.93. The summed E-state index contributed by atoms with van der Waals surface area (Å²) < 4.78 is 5.57. The number of amides is 1. The van der Waals surface area contributed by atoms with Gasteiger partial charge in [0.15, 0.2) is 0 Å². The van der Waals surface area contributed by atoms with Crippen molar-refractivity contribution in [2.24, 2.45) is 28.0 Å². The van der Waals surface area contributed by atoms with Gasteiger partial charge in [-0.15, -0.1) is 10.2 Å². The molecule has 0 aliphatic carbocycles. The van der Waals surface area contributed by atoms with E-state index in [9.17, 15) is 20.1 Å². The molecule has 0 radical (unpaired) electrons. The molecular formula is C41H60N6O3. The summed E-state index contributed by atoms with van der Waals surface area (Å²) in [6.07, 6.45) is 13.3. The van der Waals surface area contributed by atoms with Crippen molar-refractivity contribution in [2.75, 3.05) is 29.9 Å². The van der Waals surface area contributed by atoms with Crippen molar-refractivity contribution in [3.63, 3.8) is 0 Å². The molecule has 2 aromatic carbocycles. The summed E-state index contributed by atoms with van der Waals surface area (Å²) in [5, 5.41) is 31.7. The molecule has 0 saturated heterocycles. The molecule has 9 heteroatoms. The number of hydrogen-bond acceptors (Lipinski definition) is 8. The first-order valence-electron chi connectivity index (χ1n) is 18.9. The number of benzene rings is 2. The summed E-state index contributed by atoms with van der Waals surface area (Å²) in [7, 11) is 0. The Morgan fingerprint density at radius 3 is 1.76 bits per heavy atom. The summed E-state index contributed by atoms with van der Waals surface area (Å²) in [6, 6.07) is 12.7. The van der Waals surface area contributed by atoms with Gasteiger partial charge in [0.1, 0.15) is 23.5 Å². The molecular weight excluding hydrogens is 624 g/mol. The summed E-state index contributed by atoms with van der Waals surface area (Å²) in [4.78, 5) is 27.7. The van der Waals surface area contributed by atoms with Crippen LogP contribution >= 0.6 is 0 Å². The smallest absolute Gasteiger partial charge is 0.338 e. The summed E-state index contributed by atoms with van der Waals surface area (Å²) in [5.41, 5.74) is 2.17. The van der Waals surface area contributed by atoms with Gasteiger partial charge in [0.25, 0.3) is 0 Å². The zero-order chi connectivity index (χ0) is 36.9. The van der Waals surface area contributed by atoms with Crippen LogP contribution in [0.4, 0.5) is 22.7 Å². The highest BCUT2D eigenvalue weighted by Gasteiger charge is 2.21. The molecule has 9 nitrogen and oxygen atoms in total. The fourth-order valence-electron chi connectivity index (χ4n) is 6.15. The molecule has 2 unspecified atom stereocenters. The zero-order valence-electron chi connectivity index (χ0n) is 31.7. The van der Waals surface area contributed by atoms with Crippen molar-refractivity contribution in [1.82, 2.24) is 0 Å². The molecule has 0 aromatic heterocycles. The largest absolute Gasteiger partial charge is 0.462 e. The molecule has 1 amide bonds. The summed E-state index contributed by atoms with van der Waals surface area (Å²) >= 11 is 0. The van der Waals surface area contributed by atoms with E-state index in [0.717, 1.165) is 57.3 Å². The molecule has 0 fully saturated rings. The third-order valence-corrected chi connectivity index (χ3v) is 9.54. The van der Waals surface area contributed by atoms with Crippen LogP contribution in [0.3, 0.4) is 0 Å². The van der Waals surface area contributed by atoms with Crippen molar-refractivity contribution < 1.29 is 14.3 Å². The lowest BCUT2D eigenvalue weighted by Crippen LogP contribution is -2.34. The van der Waals surface area contributed by atoms with Gasteiger partial charge in [0.05, 0.1) is 29.0 Å². The second kappa shape index (κ2) is 23.2. The topological polar surface area (TPSA) is 131 Å². The van der Waals surface area contributed by atoms with E-state index >= 15 is 0 Å². The SMILES string of the molecule is CCCCC(CC)COC(=O)c1cc(C#N)c(N=Nc2ccc(N(CC(CC)CCCC)C[C@@H](CC)CCCC)cc2NC(C)=O)c(C#N)c1. The Morgan fingerprint density at radius 1 is 0.780 bits per heavy atom. The standard InChI is InChI=1S/C41H60N6O3/c1-8-14-17-31(11-4)27-47(28-32(12-5)18-15-9-2)37-20-21-38(39(24-37)44-30(7)48)45-46-40-35(25-42)22-34(23-36(40)26-43)41(49)50-29-33(13-6)19-16-10-3/h20-24,31-33H,8-19,27-29H2,1-7H3,(H,44,48)/t31-,32?,33?/m0/s1. The van der Waals surface area contributed by atoms with Gasteiger partial charge >= 0.3 is 5.97 Å². The van der Waals surface area contributed by atoms with Crippen molar-refractivity contribution in [3.8, 4) is 12.1 Å². The normalized spacial score (nSPS) is 12.9. The van der Waals surface area contributed by atoms with Crippen LogP contribution in [0, 0.1) is 40.4 Å². The average molecular weight is 685 g/mol. The van der Waals surface area contributed by atoms with Crippen molar-refractivity contribution >= 4 is 34.6 Å². The van der Waals surface area contributed by atoms with Gasteiger partial charge in [0, 0.05) is 25.7 Å². The summed E-state index contributed by atoms with van der Waals surface area (Å²) in [6.45, 7) is 16.8. The van der Waals surface area contributed by atoms with Gasteiger partial charge < -0.3 is 15.0 Å². The van der Waals surface area contributed by atoms with Gasteiger partial charge in [-0.05, 0) is 67.3 Å². The van der Waals surface area contributed by atoms with Crippen LogP contribution in [0.15, 0.2) is 40.6 Å². The number of hydrogen-bond donors (Lipinski definition) is 1. The third kappa shape index (κ3) is 13.6. The Balaban J connectivity index is 2.49. The van der Waals surface area contributed by atoms with Crippen LogP contribution in [0.2, 0.25) is 0 Å². The average Bonchev–Trinajstić information content (AvgIpc) is 3.12. The zero-order valence-corrected chi connectivity index (χ0v) is 31.7. The quantitative estimate of drug-likeness (QED) is 0.0915. The van der Waals surface area contributed by atoms with Crippen molar-refractivity contribution in [3.05, 3.63) is 47.0 Å². The maximum atomic E-state index is 12.9. The molecule has 0 spiro atoms. The highest BCUT2D eigenvalue weighted by atomic mass is 16.5. The van der Waals surface area contributed by atoms with Crippen LogP contribution in [0.25, 0.3) is 0 Å². The van der Waals surface area contributed by atoms with Gasteiger partial charge in [-0.25, -0.2) is 4.79 Å². The van der Waals surface area contributed by atoms with Crippen molar-refractivity contribution in [2.45, 2.75) is 126 Å². The molecule has 50 heavy (non-hydrogen) atoms. The molecule has 0 aliphatic heterocycles. The minimum Gasteiger partial charge on any atom is -0.462 e. The number of anilines is 2. The number of azo groups is 1. The number of unbranched alkanes of at least 4 members (excludes halogenated alkanes) is 3. The number of carbonyl (C=O) groups excluding carboxylic acids is 2. The first-order chi connectivity index (χ1) is 24.2. The predicted octanol–water partition coefficient (Wildman–Crippen LogP) is 11.4. The number of rotatable bonds is 23. The lowest BCUT2D eigenvalue weighted by Gasteiger charge is -2.33. The van der Waals surface area contributed by atoms with Crippen LogP contribution < -0.4 is 10.2 Å². The highest BCUT2D eigenvalue weighted by Crippen LogP contribution is 2.35. The first kappa shape index (κ1) is 41.9. The summed E-state index contributed by atoms with van der Waals surface area (Å²) in [5.74, 6) is 0.560. The number of esters is 1. The fourth-order valence-corrected chi connectivity index (χ4v) is 6.15. The molecule has 3 atom stereocenters. The van der Waals surface area contributed by atoms with E-state index in [-0.39, 0.29) is 40.8 Å².